The lowest BCUT2D eigenvalue weighted by Gasteiger charge is -2.53. The molecule has 2 aliphatic rings. The summed E-state index contributed by atoms with van der Waals surface area (Å²) in [5, 5.41) is 0. The summed E-state index contributed by atoms with van der Waals surface area (Å²) in [5.41, 5.74) is 1.31. The first-order valence-corrected chi connectivity index (χ1v) is 10.4. The van der Waals surface area contributed by atoms with E-state index in [0.29, 0.717) is 10.8 Å². The largest absolute Gasteiger partial charge is 0.0683 e. The predicted octanol–water partition coefficient (Wildman–Crippen LogP) is 7.86. The molecular formula is C22H44. The zero-order chi connectivity index (χ0) is 16.8. The minimum atomic E-state index is 0.655. The van der Waals surface area contributed by atoms with Crippen molar-refractivity contribution in [2.75, 3.05) is 0 Å². The summed E-state index contributed by atoms with van der Waals surface area (Å²) >= 11 is 0. The molecule has 2 fully saturated rings. The number of fused-ring (bicyclic) bond motifs is 1. The molecule has 2 aliphatic carbocycles. The van der Waals surface area contributed by atoms with Gasteiger partial charge in [-0.3, -0.25) is 0 Å². The highest BCUT2D eigenvalue weighted by molar-refractivity contribution is 5.07. The van der Waals surface area contributed by atoms with E-state index in [1.807, 2.05) is 13.8 Å². The van der Waals surface area contributed by atoms with Gasteiger partial charge in [-0.25, -0.2) is 0 Å². The normalized spacial score (nSPS) is 37.6. The Morgan fingerprint density at radius 2 is 1.55 bits per heavy atom. The highest BCUT2D eigenvalue weighted by Gasteiger charge is 2.57. The first kappa shape index (κ1) is 20.0. The van der Waals surface area contributed by atoms with Crippen molar-refractivity contribution in [2.24, 2.45) is 28.6 Å². The van der Waals surface area contributed by atoms with E-state index in [9.17, 15) is 0 Å². The third-order valence-electron chi connectivity index (χ3n) is 7.44. The molecule has 0 bridgehead atoms. The molecule has 0 heteroatoms. The van der Waals surface area contributed by atoms with Gasteiger partial charge in [-0.1, -0.05) is 80.6 Å². The van der Waals surface area contributed by atoms with Crippen molar-refractivity contribution in [1.29, 1.82) is 0 Å². The predicted molar refractivity (Wildman–Crippen MR) is 101 cm³/mol. The van der Waals surface area contributed by atoms with Gasteiger partial charge in [0.05, 0.1) is 0 Å². The minimum Gasteiger partial charge on any atom is -0.0683 e. The Hall–Kier alpha value is 0. The Morgan fingerprint density at radius 3 is 2.14 bits per heavy atom. The fraction of sp³-hybridized carbons (Fsp3) is 1.00. The van der Waals surface area contributed by atoms with Crippen LogP contribution in [0.15, 0.2) is 0 Å². The number of unbranched alkanes of at least 4 members (excludes halogenated alkanes) is 1. The Bertz CT molecular complexity index is 305. The second kappa shape index (κ2) is 8.74. The Kier molecular flexibility index (Phi) is 7.96. The van der Waals surface area contributed by atoms with Crippen LogP contribution in [-0.4, -0.2) is 0 Å². The van der Waals surface area contributed by atoms with Crippen LogP contribution < -0.4 is 0 Å². The van der Waals surface area contributed by atoms with Gasteiger partial charge in [-0.2, -0.15) is 0 Å². The maximum atomic E-state index is 2.66. The molecule has 132 valence electrons. The summed E-state index contributed by atoms with van der Waals surface area (Å²) in [7, 11) is 0. The summed E-state index contributed by atoms with van der Waals surface area (Å²) in [4.78, 5) is 0. The first-order valence-electron chi connectivity index (χ1n) is 10.4. The maximum Gasteiger partial charge on any atom is -0.0241 e. The summed E-state index contributed by atoms with van der Waals surface area (Å²) in [6.45, 7) is 16.5. The third-order valence-corrected chi connectivity index (χ3v) is 7.44. The third kappa shape index (κ3) is 3.90. The van der Waals surface area contributed by atoms with E-state index in [2.05, 4.69) is 34.6 Å². The summed E-state index contributed by atoms with van der Waals surface area (Å²) < 4.78 is 0. The second-order valence-corrected chi connectivity index (χ2v) is 8.75. The quantitative estimate of drug-likeness (QED) is 0.438. The van der Waals surface area contributed by atoms with E-state index in [-0.39, 0.29) is 0 Å². The molecular weight excluding hydrogens is 264 g/mol. The molecule has 0 radical (unpaired) electrons. The SMILES string of the molecule is CC.CCC1CCC[C@@]2(C)C(CCCCC(C)C)CCC12C. The van der Waals surface area contributed by atoms with Crippen LogP contribution in [0.2, 0.25) is 0 Å². The van der Waals surface area contributed by atoms with Gasteiger partial charge in [0.2, 0.25) is 0 Å². The fourth-order valence-corrected chi connectivity index (χ4v) is 5.80. The molecule has 2 rings (SSSR count). The molecule has 0 aromatic carbocycles. The average Bonchev–Trinajstić information content (AvgIpc) is 2.77. The lowest BCUT2D eigenvalue weighted by molar-refractivity contribution is -0.0388. The van der Waals surface area contributed by atoms with Crippen molar-refractivity contribution in [2.45, 2.75) is 113 Å². The van der Waals surface area contributed by atoms with E-state index in [0.717, 1.165) is 17.8 Å². The van der Waals surface area contributed by atoms with Crippen molar-refractivity contribution < 1.29 is 0 Å². The molecule has 0 spiro atoms. The molecule has 0 saturated heterocycles. The fourth-order valence-electron chi connectivity index (χ4n) is 5.80. The van der Waals surface area contributed by atoms with Crippen LogP contribution >= 0.6 is 0 Å². The number of rotatable bonds is 6. The molecule has 0 aliphatic heterocycles. The second-order valence-electron chi connectivity index (χ2n) is 8.75. The monoisotopic (exact) mass is 308 g/mol. The average molecular weight is 309 g/mol. The van der Waals surface area contributed by atoms with Crippen LogP contribution in [-0.2, 0) is 0 Å². The van der Waals surface area contributed by atoms with E-state index >= 15 is 0 Å². The van der Waals surface area contributed by atoms with Crippen LogP contribution in [0.4, 0.5) is 0 Å². The van der Waals surface area contributed by atoms with Crippen molar-refractivity contribution in [3.63, 3.8) is 0 Å². The zero-order valence-corrected chi connectivity index (χ0v) is 16.8. The molecule has 0 nitrogen and oxygen atoms in total. The van der Waals surface area contributed by atoms with Crippen molar-refractivity contribution in [3.8, 4) is 0 Å². The molecule has 4 atom stereocenters. The van der Waals surface area contributed by atoms with Gasteiger partial charge in [-0.05, 0) is 60.7 Å². The van der Waals surface area contributed by atoms with Gasteiger partial charge >= 0.3 is 0 Å². The van der Waals surface area contributed by atoms with E-state index < -0.39 is 0 Å². The van der Waals surface area contributed by atoms with Crippen LogP contribution in [0.25, 0.3) is 0 Å². The molecule has 0 aromatic rings. The van der Waals surface area contributed by atoms with E-state index in [4.69, 9.17) is 0 Å². The lowest BCUT2D eigenvalue weighted by Crippen LogP contribution is -2.45. The molecule has 22 heavy (non-hydrogen) atoms. The zero-order valence-electron chi connectivity index (χ0n) is 16.8. The highest BCUT2D eigenvalue weighted by Crippen LogP contribution is 2.66. The Morgan fingerprint density at radius 1 is 0.909 bits per heavy atom. The summed E-state index contributed by atoms with van der Waals surface area (Å²) in [6, 6.07) is 0. The lowest BCUT2D eigenvalue weighted by atomic mass is 9.52. The number of hydrogen-bond donors (Lipinski definition) is 0. The van der Waals surface area contributed by atoms with Crippen molar-refractivity contribution >= 4 is 0 Å². The first-order chi connectivity index (χ1) is 10.4. The molecule has 3 unspecified atom stereocenters. The van der Waals surface area contributed by atoms with Gasteiger partial charge in [0.25, 0.3) is 0 Å². The number of hydrogen-bond acceptors (Lipinski definition) is 0. The van der Waals surface area contributed by atoms with Crippen LogP contribution in [0.3, 0.4) is 0 Å². The van der Waals surface area contributed by atoms with E-state index in [1.165, 1.54) is 64.2 Å². The van der Waals surface area contributed by atoms with Crippen LogP contribution in [0.1, 0.15) is 113 Å². The van der Waals surface area contributed by atoms with Gasteiger partial charge in [0.1, 0.15) is 0 Å². The van der Waals surface area contributed by atoms with Gasteiger partial charge in [0, 0.05) is 0 Å². The van der Waals surface area contributed by atoms with Crippen LogP contribution in [0, 0.1) is 28.6 Å². The topological polar surface area (TPSA) is 0 Å². The highest BCUT2D eigenvalue weighted by atomic mass is 14.6. The minimum absolute atomic E-state index is 0.655. The van der Waals surface area contributed by atoms with E-state index in [1.54, 1.807) is 0 Å². The molecule has 2 saturated carbocycles. The van der Waals surface area contributed by atoms with Gasteiger partial charge < -0.3 is 0 Å². The molecule has 0 amide bonds. The van der Waals surface area contributed by atoms with Gasteiger partial charge in [-0.15, -0.1) is 0 Å². The Balaban J connectivity index is 0.00000116. The van der Waals surface area contributed by atoms with Gasteiger partial charge in [0.15, 0.2) is 0 Å². The smallest absolute Gasteiger partial charge is 0.0241 e. The summed E-state index contributed by atoms with van der Waals surface area (Å²) in [5.74, 6) is 2.91. The van der Waals surface area contributed by atoms with Crippen molar-refractivity contribution in [3.05, 3.63) is 0 Å². The van der Waals surface area contributed by atoms with Crippen molar-refractivity contribution in [1.82, 2.24) is 0 Å². The Labute approximate surface area is 141 Å². The summed E-state index contributed by atoms with van der Waals surface area (Å²) in [6.07, 6.45) is 14.8. The molecule has 0 aromatic heterocycles. The van der Waals surface area contributed by atoms with Crippen LogP contribution in [0.5, 0.6) is 0 Å². The molecule has 0 N–H and O–H groups in total. The molecule has 0 heterocycles. The maximum absolute atomic E-state index is 2.66. The standard InChI is InChI=1S/C20H38.C2H6/c1-6-17-12-9-14-19(4)18(13-15-20(17,19)5)11-8-7-10-16(2)3;1-2/h16-18H,6-15H2,1-5H3;1-2H3/t17?,18?,19-,20?;/m0./s1.